The molecule has 204 valence electrons. The second-order valence-electron chi connectivity index (χ2n) is 9.87. The summed E-state index contributed by atoms with van der Waals surface area (Å²) in [7, 11) is 1.58. The van der Waals surface area contributed by atoms with Gasteiger partial charge in [0.2, 0.25) is 0 Å². The van der Waals surface area contributed by atoms with E-state index in [1.165, 1.54) is 16.2 Å². The largest absolute Gasteiger partial charge is 0.507 e. The number of amides is 1. The molecule has 0 radical (unpaired) electrons. The Bertz CT molecular complexity index is 1660. The molecule has 1 fully saturated rings. The monoisotopic (exact) mass is 556 g/mol. The lowest BCUT2D eigenvalue weighted by atomic mass is 9.94. The van der Waals surface area contributed by atoms with E-state index < -0.39 is 17.7 Å². The van der Waals surface area contributed by atoms with Gasteiger partial charge in [-0.25, -0.2) is 4.98 Å². The summed E-state index contributed by atoms with van der Waals surface area (Å²) in [6, 6.07) is 17.1. The summed E-state index contributed by atoms with van der Waals surface area (Å²) in [5.41, 5.74) is 2.74. The molecule has 0 bridgehead atoms. The predicted molar refractivity (Wildman–Crippen MR) is 153 cm³/mol. The Labute approximate surface area is 235 Å². The zero-order chi connectivity index (χ0) is 28.0. The van der Waals surface area contributed by atoms with Crippen molar-refractivity contribution >= 4 is 44.1 Å². The number of rotatable bonds is 7. The zero-order valence-corrected chi connectivity index (χ0v) is 23.2. The molecule has 2 atom stereocenters. The van der Waals surface area contributed by atoms with Crippen LogP contribution in [0, 0.1) is 0 Å². The lowest BCUT2D eigenvalue weighted by Crippen LogP contribution is -2.29. The van der Waals surface area contributed by atoms with Crippen LogP contribution in [0.1, 0.15) is 43.0 Å². The van der Waals surface area contributed by atoms with E-state index in [0.717, 1.165) is 22.4 Å². The Morgan fingerprint density at radius 2 is 1.88 bits per heavy atom. The molecule has 2 aliphatic rings. The summed E-state index contributed by atoms with van der Waals surface area (Å²) in [6.45, 7) is 4.58. The van der Waals surface area contributed by atoms with Gasteiger partial charge >= 0.3 is 5.91 Å². The summed E-state index contributed by atoms with van der Waals surface area (Å²) in [6.07, 6.45) is 1.60. The zero-order valence-electron chi connectivity index (χ0n) is 22.3. The van der Waals surface area contributed by atoms with Crippen molar-refractivity contribution < 1.29 is 28.9 Å². The Morgan fingerprint density at radius 1 is 1.10 bits per heavy atom. The summed E-state index contributed by atoms with van der Waals surface area (Å²) in [5.74, 6) is 0.356. The molecule has 0 saturated carbocycles. The van der Waals surface area contributed by atoms with Crippen LogP contribution in [0.4, 0.5) is 5.13 Å². The molecule has 3 aromatic carbocycles. The van der Waals surface area contributed by atoms with E-state index in [9.17, 15) is 14.7 Å². The van der Waals surface area contributed by atoms with Gasteiger partial charge < -0.3 is 19.3 Å². The summed E-state index contributed by atoms with van der Waals surface area (Å²) in [5, 5.41) is 11.9. The second kappa shape index (κ2) is 10.3. The molecule has 2 unspecified atom stereocenters. The minimum Gasteiger partial charge on any atom is -0.507 e. The average molecular weight is 557 g/mol. The highest BCUT2D eigenvalue weighted by Gasteiger charge is 2.48. The molecular weight excluding hydrogens is 528 g/mol. The Morgan fingerprint density at radius 3 is 2.62 bits per heavy atom. The molecular formula is C31H28N2O6S. The van der Waals surface area contributed by atoms with Gasteiger partial charge in [0.25, 0.3) is 5.78 Å². The number of ether oxygens (including phenoxy) is 3. The van der Waals surface area contributed by atoms with Crippen LogP contribution in [-0.2, 0) is 16.0 Å². The number of hydrogen-bond acceptors (Lipinski definition) is 8. The van der Waals surface area contributed by atoms with Gasteiger partial charge in [-0.1, -0.05) is 30.4 Å². The van der Waals surface area contributed by atoms with Crippen molar-refractivity contribution in [1.82, 2.24) is 4.98 Å². The highest BCUT2D eigenvalue weighted by molar-refractivity contribution is 7.22. The van der Waals surface area contributed by atoms with Crippen molar-refractivity contribution in [2.24, 2.45) is 0 Å². The van der Waals surface area contributed by atoms with E-state index in [1.807, 2.05) is 56.3 Å². The number of anilines is 1. The van der Waals surface area contributed by atoms with E-state index in [-0.39, 0.29) is 17.4 Å². The molecule has 2 aliphatic heterocycles. The van der Waals surface area contributed by atoms with Crippen LogP contribution in [0.2, 0.25) is 0 Å². The molecule has 40 heavy (non-hydrogen) atoms. The fraction of sp³-hybridized carbons (Fsp3) is 0.258. The first-order valence-electron chi connectivity index (χ1n) is 13.2. The van der Waals surface area contributed by atoms with Crippen molar-refractivity contribution in [3.63, 3.8) is 0 Å². The van der Waals surface area contributed by atoms with E-state index in [1.54, 1.807) is 25.3 Å². The molecule has 1 saturated heterocycles. The number of aromatic nitrogens is 1. The lowest BCUT2D eigenvalue weighted by Gasteiger charge is -2.23. The maximum Gasteiger partial charge on any atom is 0.301 e. The van der Waals surface area contributed by atoms with E-state index >= 15 is 0 Å². The van der Waals surface area contributed by atoms with Crippen LogP contribution >= 0.6 is 11.3 Å². The molecule has 1 aromatic heterocycles. The number of fused-ring (bicyclic) bond motifs is 2. The third kappa shape index (κ3) is 4.46. The van der Waals surface area contributed by atoms with Gasteiger partial charge in [-0.05, 0) is 73.0 Å². The van der Waals surface area contributed by atoms with E-state index in [4.69, 9.17) is 14.2 Å². The van der Waals surface area contributed by atoms with Crippen LogP contribution in [0.15, 0.2) is 66.2 Å². The van der Waals surface area contributed by atoms with Crippen LogP contribution in [0.25, 0.3) is 16.0 Å². The van der Waals surface area contributed by atoms with Gasteiger partial charge in [-0.2, -0.15) is 0 Å². The molecule has 9 heteroatoms. The topological polar surface area (TPSA) is 98.2 Å². The predicted octanol–water partition coefficient (Wildman–Crippen LogP) is 6.04. The number of hydrogen-bond donors (Lipinski definition) is 1. The Balaban J connectivity index is 1.49. The molecule has 6 rings (SSSR count). The maximum absolute atomic E-state index is 13.6. The number of Topliss-reactive ketones (excluding diaryl/α,β-unsaturated/α-hetero) is 1. The number of carbonyl (C=O) groups is 2. The first-order chi connectivity index (χ1) is 19.4. The Kier molecular flexibility index (Phi) is 6.67. The van der Waals surface area contributed by atoms with Crippen molar-refractivity contribution in [3.05, 3.63) is 82.9 Å². The van der Waals surface area contributed by atoms with E-state index in [2.05, 4.69) is 4.98 Å². The minimum absolute atomic E-state index is 0.0102. The number of benzene rings is 3. The number of thiazole rings is 1. The minimum atomic E-state index is -0.883. The highest BCUT2D eigenvalue weighted by atomic mass is 32.1. The quantitative estimate of drug-likeness (QED) is 0.168. The second-order valence-corrected chi connectivity index (χ2v) is 10.9. The highest BCUT2D eigenvalue weighted by Crippen LogP contribution is 2.45. The van der Waals surface area contributed by atoms with Gasteiger partial charge in [0.05, 0.1) is 35.5 Å². The lowest BCUT2D eigenvalue weighted by molar-refractivity contribution is -0.132. The van der Waals surface area contributed by atoms with E-state index in [0.29, 0.717) is 46.3 Å². The van der Waals surface area contributed by atoms with Gasteiger partial charge in [0, 0.05) is 12.0 Å². The summed E-state index contributed by atoms with van der Waals surface area (Å²) in [4.78, 5) is 33.3. The third-order valence-corrected chi connectivity index (χ3v) is 8.09. The molecule has 0 aliphatic carbocycles. The van der Waals surface area contributed by atoms with Crippen LogP contribution in [0.3, 0.4) is 0 Å². The number of aliphatic hydroxyl groups excluding tert-OH is 1. The third-order valence-electron chi connectivity index (χ3n) is 7.07. The normalized spacial score (nSPS) is 19.6. The maximum atomic E-state index is 13.6. The molecule has 8 nitrogen and oxygen atoms in total. The number of aliphatic hydroxyl groups is 1. The fourth-order valence-corrected chi connectivity index (χ4v) is 6.18. The van der Waals surface area contributed by atoms with Gasteiger partial charge in [-0.3, -0.25) is 14.5 Å². The smallest absolute Gasteiger partial charge is 0.301 e. The molecule has 1 N–H and O–H groups in total. The van der Waals surface area contributed by atoms with Crippen LogP contribution < -0.4 is 19.1 Å². The molecule has 3 heterocycles. The van der Waals surface area contributed by atoms with Crippen molar-refractivity contribution in [1.29, 1.82) is 0 Å². The number of nitrogens with zero attached hydrogens (tertiary/aromatic N) is 2. The van der Waals surface area contributed by atoms with Gasteiger partial charge in [0.15, 0.2) is 5.13 Å². The Hall–Kier alpha value is -4.37. The summed E-state index contributed by atoms with van der Waals surface area (Å²) < 4.78 is 17.7. The van der Waals surface area contributed by atoms with Crippen molar-refractivity contribution in [3.8, 4) is 17.2 Å². The van der Waals surface area contributed by atoms with Crippen molar-refractivity contribution in [2.75, 3.05) is 18.6 Å². The average Bonchev–Trinajstić information content (AvgIpc) is 3.63. The van der Waals surface area contributed by atoms with Gasteiger partial charge in [0.1, 0.15) is 29.1 Å². The number of carbonyl (C=O) groups excluding carboxylic acids is 2. The van der Waals surface area contributed by atoms with Crippen molar-refractivity contribution in [2.45, 2.75) is 38.8 Å². The summed E-state index contributed by atoms with van der Waals surface area (Å²) >= 11 is 1.28. The molecule has 4 aromatic rings. The SMILES string of the molecule is CCCOc1ccc(C2C(=C(O)c3ccc4c(c3)CC(C)O4)C(=O)C(=O)N2c2nc3ccc(OC)cc3s2)cc1. The first-order valence-corrected chi connectivity index (χ1v) is 14.0. The molecule has 1 amide bonds. The van der Waals surface area contributed by atoms with Crippen LogP contribution in [0.5, 0.6) is 17.2 Å². The number of ketones is 1. The first kappa shape index (κ1) is 25.9. The number of methoxy groups -OCH3 is 1. The molecule has 0 spiro atoms. The fourth-order valence-electron chi connectivity index (χ4n) is 5.16. The van der Waals surface area contributed by atoms with Gasteiger partial charge in [-0.15, -0.1) is 0 Å². The standard InChI is InChI=1S/C31H28N2O6S/c1-4-13-38-21-8-5-18(6-9-21)27-26(28(34)19-7-12-24-20(15-19)14-17(2)39-24)29(35)30(36)33(27)31-32-23-11-10-22(37-3)16-25(23)40-31/h5-12,15-17,27,34H,4,13-14H2,1-3H3. The van der Waals surface area contributed by atoms with Crippen LogP contribution in [-0.4, -0.2) is 41.6 Å².